The van der Waals surface area contributed by atoms with Crippen molar-refractivity contribution in [3.05, 3.63) is 93.6 Å². The third-order valence-electron chi connectivity index (χ3n) is 6.54. The van der Waals surface area contributed by atoms with Gasteiger partial charge in [0, 0.05) is 57.3 Å². The van der Waals surface area contributed by atoms with E-state index in [4.69, 9.17) is 5.10 Å². The highest BCUT2D eigenvalue weighted by Crippen LogP contribution is 2.27. The second-order valence-corrected chi connectivity index (χ2v) is 9.14. The Bertz CT molecular complexity index is 1490. The van der Waals surface area contributed by atoms with Crippen LogP contribution in [-0.4, -0.2) is 39.6 Å². The summed E-state index contributed by atoms with van der Waals surface area (Å²) in [4.78, 5) is 15.7. The maximum atomic E-state index is 14.4. The van der Waals surface area contributed by atoms with Crippen molar-refractivity contribution in [3.63, 3.8) is 0 Å². The van der Waals surface area contributed by atoms with Crippen molar-refractivity contribution in [2.75, 3.05) is 25.5 Å². The Morgan fingerprint density at radius 1 is 0.951 bits per heavy atom. The highest BCUT2D eigenvalue weighted by molar-refractivity contribution is 5.69. The fourth-order valence-corrected chi connectivity index (χ4v) is 4.76. The molecule has 1 N–H and O–H groups in total. The lowest BCUT2D eigenvalue weighted by Gasteiger charge is -2.17. The number of hydrogen-bond donors (Lipinski definition) is 1. The molecule has 4 aromatic rings. The second kappa shape index (κ2) is 15.2. The summed E-state index contributed by atoms with van der Waals surface area (Å²) in [7, 11) is 3.95. The number of aryl methyl sites for hydroxylation is 2. The molecule has 0 radical (unpaired) electrons. The molecule has 222 valence electrons. The van der Waals surface area contributed by atoms with Gasteiger partial charge in [-0.25, -0.2) is 13.9 Å². The molecule has 0 spiro atoms. The summed E-state index contributed by atoms with van der Waals surface area (Å²) >= 11 is 0. The summed E-state index contributed by atoms with van der Waals surface area (Å²) in [5.41, 5.74) is 6.25. The molecule has 7 nitrogen and oxygen atoms in total. The Morgan fingerprint density at radius 3 is 2.15 bits per heavy atom. The SMILES string of the molecule is C=Cc1cc(-n2ccn(-c3c4c(nn3-c3cc(C)c(F)c(C)c3)CCNC4)c2=O)ccc1N(C)C.CC.CC.CC. The maximum Gasteiger partial charge on any atom is 0.338 e. The van der Waals surface area contributed by atoms with E-state index in [0.29, 0.717) is 23.5 Å². The number of aromatic nitrogens is 4. The molecule has 0 amide bonds. The fraction of sp³-hybridized carbons (Fsp3) is 0.394. The molecule has 0 fully saturated rings. The zero-order valence-corrected chi connectivity index (χ0v) is 26.5. The molecule has 2 aromatic carbocycles. The first-order valence-electron chi connectivity index (χ1n) is 14.6. The van der Waals surface area contributed by atoms with E-state index in [1.807, 2.05) is 78.7 Å². The number of halogens is 1. The molecule has 1 aliphatic heterocycles. The number of imidazole rings is 1. The Hall–Kier alpha value is -3.91. The first-order valence-corrected chi connectivity index (χ1v) is 14.6. The number of nitrogens with zero attached hydrogens (tertiary/aromatic N) is 5. The van der Waals surface area contributed by atoms with Gasteiger partial charge in [0.2, 0.25) is 0 Å². The molecule has 2 aromatic heterocycles. The van der Waals surface area contributed by atoms with Crippen LogP contribution < -0.4 is 15.9 Å². The minimum absolute atomic E-state index is 0.206. The van der Waals surface area contributed by atoms with Gasteiger partial charge in [0.25, 0.3) is 0 Å². The topological polar surface area (TPSA) is 60.0 Å². The quantitative estimate of drug-likeness (QED) is 0.284. The van der Waals surface area contributed by atoms with Crippen molar-refractivity contribution in [1.82, 2.24) is 24.2 Å². The molecular formula is C33H47FN6O. The number of hydrogen-bond acceptors (Lipinski definition) is 4. The van der Waals surface area contributed by atoms with Gasteiger partial charge in [0.15, 0.2) is 0 Å². The molecule has 41 heavy (non-hydrogen) atoms. The van der Waals surface area contributed by atoms with Crippen LogP contribution in [0.1, 0.15) is 69.5 Å². The van der Waals surface area contributed by atoms with Crippen molar-refractivity contribution >= 4 is 11.8 Å². The summed E-state index contributed by atoms with van der Waals surface area (Å²) in [5.74, 6) is 0.451. The lowest BCUT2D eigenvalue weighted by atomic mass is 10.1. The second-order valence-electron chi connectivity index (χ2n) is 9.14. The lowest BCUT2D eigenvalue weighted by molar-refractivity contribution is 0.608. The molecule has 0 aliphatic carbocycles. The van der Waals surface area contributed by atoms with Crippen LogP contribution in [0.5, 0.6) is 0 Å². The van der Waals surface area contributed by atoms with Gasteiger partial charge >= 0.3 is 5.69 Å². The Labute approximate surface area is 244 Å². The minimum Gasteiger partial charge on any atom is -0.377 e. The summed E-state index contributed by atoms with van der Waals surface area (Å²) in [5, 5.41) is 8.24. The Balaban J connectivity index is 0.000000921. The van der Waals surface area contributed by atoms with Crippen molar-refractivity contribution in [1.29, 1.82) is 0 Å². The fourth-order valence-electron chi connectivity index (χ4n) is 4.76. The van der Waals surface area contributed by atoms with Gasteiger partial charge in [0.05, 0.1) is 17.1 Å². The molecule has 0 saturated heterocycles. The van der Waals surface area contributed by atoms with E-state index in [0.717, 1.165) is 46.8 Å². The van der Waals surface area contributed by atoms with Gasteiger partial charge in [-0.05, 0) is 60.9 Å². The maximum absolute atomic E-state index is 14.4. The molecule has 0 atom stereocenters. The third-order valence-corrected chi connectivity index (χ3v) is 6.54. The molecular weight excluding hydrogens is 515 g/mol. The third kappa shape index (κ3) is 6.70. The molecule has 0 unspecified atom stereocenters. The van der Waals surface area contributed by atoms with Gasteiger partial charge in [-0.15, -0.1) is 0 Å². The van der Waals surface area contributed by atoms with Crippen LogP contribution in [0.4, 0.5) is 10.1 Å². The Morgan fingerprint density at radius 2 is 1.56 bits per heavy atom. The zero-order valence-electron chi connectivity index (χ0n) is 26.5. The first kappa shape index (κ1) is 33.3. The smallest absolute Gasteiger partial charge is 0.338 e. The van der Waals surface area contributed by atoms with E-state index in [1.165, 1.54) is 0 Å². The highest BCUT2D eigenvalue weighted by Gasteiger charge is 2.25. The standard InChI is InChI=1S/C27H29FN6O.3C2H6/c1-6-19-15-20(7-8-24(19)31(4)5)32-11-12-33(27(32)35)26-22-16-29-10-9-23(22)30-34(26)21-13-17(2)25(28)18(3)14-21;3*1-2/h6-8,11-15,29H,1,9-10,16H2,2-5H3;3*1-2H3. The summed E-state index contributed by atoms with van der Waals surface area (Å²) in [6, 6.07) is 9.41. The Kier molecular flexibility index (Phi) is 12.3. The first-order chi connectivity index (χ1) is 19.8. The zero-order chi connectivity index (χ0) is 30.9. The molecule has 5 rings (SSSR count). The monoisotopic (exact) mass is 562 g/mol. The van der Waals surface area contributed by atoms with E-state index >= 15 is 0 Å². The van der Waals surface area contributed by atoms with Crippen LogP contribution >= 0.6 is 0 Å². The van der Waals surface area contributed by atoms with Gasteiger partial charge in [-0.1, -0.05) is 54.2 Å². The van der Waals surface area contributed by atoms with Crippen molar-refractivity contribution in [2.24, 2.45) is 0 Å². The molecule has 1 aliphatic rings. The van der Waals surface area contributed by atoms with Gasteiger partial charge in [0.1, 0.15) is 11.6 Å². The molecule has 0 saturated carbocycles. The van der Waals surface area contributed by atoms with Crippen LogP contribution in [0.3, 0.4) is 0 Å². The van der Waals surface area contributed by atoms with E-state index in [1.54, 1.807) is 58.3 Å². The van der Waals surface area contributed by atoms with Gasteiger partial charge < -0.3 is 10.2 Å². The number of rotatable bonds is 5. The largest absolute Gasteiger partial charge is 0.377 e. The van der Waals surface area contributed by atoms with Crippen molar-refractivity contribution < 1.29 is 4.39 Å². The van der Waals surface area contributed by atoms with E-state index in [2.05, 4.69) is 11.9 Å². The van der Waals surface area contributed by atoms with Gasteiger partial charge in [-0.2, -0.15) is 5.10 Å². The molecule has 3 heterocycles. The number of nitrogens with one attached hydrogen (secondary N) is 1. The van der Waals surface area contributed by atoms with Crippen molar-refractivity contribution in [3.8, 4) is 17.2 Å². The molecule has 0 bridgehead atoms. The van der Waals surface area contributed by atoms with E-state index in [9.17, 15) is 9.18 Å². The van der Waals surface area contributed by atoms with Crippen molar-refractivity contribution in [2.45, 2.75) is 68.4 Å². The van der Waals surface area contributed by atoms with E-state index in [-0.39, 0.29) is 11.5 Å². The van der Waals surface area contributed by atoms with E-state index < -0.39 is 0 Å². The number of fused-ring (bicyclic) bond motifs is 1. The van der Waals surface area contributed by atoms with Crippen LogP contribution in [0.15, 0.2) is 54.1 Å². The van der Waals surface area contributed by atoms with Crippen LogP contribution in [0, 0.1) is 19.7 Å². The summed E-state index contributed by atoms with van der Waals surface area (Å²) in [6.07, 6.45) is 6.08. The average Bonchev–Trinajstić information content (AvgIpc) is 3.58. The van der Waals surface area contributed by atoms with Crippen LogP contribution in [0.2, 0.25) is 0 Å². The predicted molar refractivity (Wildman–Crippen MR) is 172 cm³/mol. The minimum atomic E-state index is -0.226. The average molecular weight is 563 g/mol. The lowest BCUT2D eigenvalue weighted by Crippen LogP contribution is -2.27. The summed E-state index contributed by atoms with van der Waals surface area (Å²) in [6.45, 7) is 20.8. The van der Waals surface area contributed by atoms with Crippen LogP contribution in [0.25, 0.3) is 23.3 Å². The number of anilines is 1. The molecule has 8 heteroatoms. The number of benzene rings is 2. The highest BCUT2D eigenvalue weighted by atomic mass is 19.1. The normalized spacial score (nSPS) is 11.6. The van der Waals surface area contributed by atoms with Crippen LogP contribution in [-0.2, 0) is 13.0 Å². The summed E-state index contributed by atoms with van der Waals surface area (Å²) < 4.78 is 19.4. The van der Waals surface area contributed by atoms with Gasteiger partial charge in [-0.3, -0.25) is 9.13 Å². The predicted octanol–water partition coefficient (Wildman–Crippen LogP) is 7.00.